The molecule has 0 saturated carbocycles. The fourth-order valence-electron chi connectivity index (χ4n) is 5.35. The number of hydrogen-bond acceptors (Lipinski definition) is 6. The van der Waals surface area contributed by atoms with Gasteiger partial charge in [0.1, 0.15) is 17.2 Å². The number of fused-ring (bicyclic) bond motifs is 1. The molecule has 45 heavy (non-hydrogen) atoms. The monoisotopic (exact) mass is 607 g/mol. The Labute approximate surface area is 258 Å². The van der Waals surface area contributed by atoms with Crippen molar-refractivity contribution in [1.82, 2.24) is 20.2 Å². The van der Waals surface area contributed by atoms with Gasteiger partial charge >= 0.3 is 0 Å². The van der Waals surface area contributed by atoms with Crippen LogP contribution in [0.2, 0.25) is 0 Å². The molecule has 0 unspecified atom stereocenters. The quantitative estimate of drug-likeness (QED) is 0.200. The topological polar surface area (TPSA) is 114 Å². The average Bonchev–Trinajstić information content (AvgIpc) is 3.46. The number of nitrogen functional groups attached to an aromatic ring is 1. The summed E-state index contributed by atoms with van der Waals surface area (Å²) in [7, 11) is 0. The van der Waals surface area contributed by atoms with E-state index < -0.39 is 5.92 Å². The Morgan fingerprint density at radius 1 is 1.00 bits per heavy atom. The number of hydrogen-bond donors (Lipinski definition) is 2. The van der Waals surface area contributed by atoms with E-state index in [-0.39, 0.29) is 44.3 Å². The average molecular weight is 608 g/mol. The van der Waals surface area contributed by atoms with Gasteiger partial charge < -0.3 is 20.4 Å². The third-order valence-corrected chi connectivity index (χ3v) is 7.92. The first-order valence-electron chi connectivity index (χ1n) is 14.6. The van der Waals surface area contributed by atoms with Gasteiger partial charge in [-0.15, -0.1) is 0 Å². The summed E-state index contributed by atoms with van der Waals surface area (Å²) in [5, 5.41) is 3.69. The van der Waals surface area contributed by atoms with Crippen LogP contribution in [-0.2, 0) is 11.3 Å². The lowest BCUT2D eigenvalue weighted by Gasteiger charge is -2.31. The molecule has 4 heterocycles. The Kier molecular flexibility index (Phi) is 8.12. The molecule has 0 aliphatic carbocycles. The number of piperidine rings is 1. The zero-order valence-corrected chi connectivity index (χ0v) is 24.6. The number of carbonyl (C=O) groups excluding carboxylic acids is 2. The minimum Gasteiger partial charge on any atom is -0.459 e. The highest BCUT2D eigenvalue weighted by Gasteiger charge is 2.35. The second kappa shape index (κ2) is 12.3. The normalized spacial score (nSPS) is 14.6. The summed E-state index contributed by atoms with van der Waals surface area (Å²) in [5.41, 5.74) is 12.0. The van der Waals surface area contributed by atoms with Crippen molar-refractivity contribution in [3.63, 3.8) is 0 Å². The van der Waals surface area contributed by atoms with Gasteiger partial charge in [0.05, 0.1) is 6.54 Å². The third kappa shape index (κ3) is 6.75. The number of likely N-dealkylation sites (tertiary alicyclic amines) is 1. The molecule has 228 valence electrons. The van der Waals surface area contributed by atoms with Crippen LogP contribution in [0.15, 0.2) is 89.7 Å². The van der Waals surface area contributed by atoms with Crippen LogP contribution in [-0.4, -0.2) is 45.7 Å². The molecule has 0 bridgehead atoms. The van der Waals surface area contributed by atoms with Gasteiger partial charge in [0.15, 0.2) is 0 Å². The van der Waals surface area contributed by atoms with Crippen LogP contribution in [0.25, 0.3) is 39.3 Å². The highest BCUT2D eigenvalue weighted by Crippen LogP contribution is 2.37. The van der Waals surface area contributed by atoms with Gasteiger partial charge in [0, 0.05) is 72.7 Å². The number of nitrogens with zero attached hydrogens (tertiary/aromatic N) is 3. The Morgan fingerprint density at radius 3 is 2.49 bits per heavy atom. The molecule has 1 fully saturated rings. The maximum absolute atomic E-state index is 13.6. The molecule has 2 aromatic carbocycles. The van der Waals surface area contributed by atoms with E-state index in [2.05, 4.69) is 15.3 Å². The highest BCUT2D eigenvalue weighted by atomic mass is 19.3. The molecule has 0 radical (unpaired) electrons. The summed E-state index contributed by atoms with van der Waals surface area (Å²) in [5.74, 6) is -2.27. The minimum absolute atomic E-state index is 0.0394. The summed E-state index contributed by atoms with van der Waals surface area (Å²) < 4.78 is 33.4. The molecule has 0 spiro atoms. The lowest BCUT2D eigenvalue weighted by Crippen LogP contribution is -2.42. The van der Waals surface area contributed by atoms with E-state index >= 15 is 0 Å². The van der Waals surface area contributed by atoms with Crippen LogP contribution < -0.4 is 11.1 Å². The number of benzene rings is 2. The summed E-state index contributed by atoms with van der Waals surface area (Å²) in [6, 6.07) is 18.5. The first-order valence-corrected chi connectivity index (χ1v) is 14.6. The summed E-state index contributed by atoms with van der Waals surface area (Å²) in [6.45, 7) is 2.26. The number of nitrogens with two attached hydrogens (primary N) is 1. The van der Waals surface area contributed by atoms with Crippen molar-refractivity contribution in [3.05, 3.63) is 108 Å². The van der Waals surface area contributed by atoms with E-state index in [0.29, 0.717) is 22.7 Å². The van der Waals surface area contributed by atoms with Crippen molar-refractivity contribution in [3.8, 4) is 22.3 Å². The molecule has 5 aromatic rings. The molecule has 1 aliphatic heterocycles. The fraction of sp³-hybridized carbons (Fsp3) is 0.200. The van der Waals surface area contributed by atoms with Crippen LogP contribution >= 0.6 is 0 Å². The molecular formula is C35H31F2N5O3. The molecular weight excluding hydrogens is 576 g/mol. The number of carbonyl (C=O) groups is 2. The Balaban J connectivity index is 1.25. The SMILES string of the molecule is Cc1ccncc1-c1cc(-c2ccc(C(=O)N3CCC(F)(F)CC3)cc2)cc2cc(CNC(=O)C=Cc3ccc(N)nc3)oc12. The predicted octanol–water partition coefficient (Wildman–Crippen LogP) is 6.65. The second-order valence-corrected chi connectivity index (χ2v) is 11.1. The Bertz CT molecular complexity index is 1890. The first kappa shape index (κ1) is 29.7. The van der Waals surface area contributed by atoms with E-state index in [9.17, 15) is 18.4 Å². The number of anilines is 1. The maximum Gasteiger partial charge on any atom is 0.253 e. The van der Waals surface area contributed by atoms with E-state index in [1.54, 1.807) is 48.9 Å². The number of halogens is 2. The molecule has 3 aromatic heterocycles. The number of pyridine rings is 2. The molecule has 10 heteroatoms. The van der Waals surface area contributed by atoms with Gasteiger partial charge in [0.25, 0.3) is 11.8 Å². The number of furan rings is 1. The first-order chi connectivity index (χ1) is 21.6. The Morgan fingerprint density at radius 2 is 1.78 bits per heavy atom. The number of aromatic nitrogens is 2. The number of alkyl halides is 2. The minimum atomic E-state index is -2.71. The van der Waals surface area contributed by atoms with Crippen LogP contribution in [0.1, 0.15) is 40.1 Å². The van der Waals surface area contributed by atoms with E-state index in [0.717, 1.165) is 38.8 Å². The fourth-order valence-corrected chi connectivity index (χ4v) is 5.35. The zero-order valence-electron chi connectivity index (χ0n) is 24.6. The smallest absolute Gasteiger partial charge is 0.253 e. The molecule has 3 N–H and O–H groups in total. The number of rotatable bonds is 7. The lowest BCUT2D eigenvalue weighted by atomic mass is 9.95. The van der Waals surface area contributed by atoms with Gasteiger partial charge in [-0.25, -0.2) is 13.8 Å². The number of amides is 2. The molecule has 8 nitrogen and oxygen atoms in total. The zero-order chi connectivity index (χ0) is 31.6. The van der Waals surface area contributed by atoms with Crippen molar-refractivity contribution < 1.29 is 22.8 Å². The van der Waals surface area contributed by atoms with Gasteiger partial charge in [-0.1, -0.05) is 12.1 Å². The third-order valence-electron chi connectivity index (χ3n) is 7.92. The number of aryl methyl sites for hydroxylation is 1. The number of nitrogens with one attached hydrogen (secondary N) is 1. The van der Waals surface area contributed by atoms with Crippen molar-refractivity contribution in [1.29, 1.82) is 0 Å². The van der Waals surface area contributed by atoms with Crippen LogP contribution in [0.3, 0.4) is 0 Å². The standard InChI is InChI=1S/C35H31F2N5O3/c1-22-10-13-39-21-30(22)29-18-26(24-4-6-25(7-5-24)34(44)42-14-11-35(36,37)12-15-42)16-27-17-28(45-33(27)29)20-41-32(43)9-3-23-2-8-31(38)40-19-23/h2-10,13,16-19,21H,11-12,14-15,20H2,1H3,(H2,38,40)(H,41,43). The van der Waals surface area contributed by atoms with Gasteiger partial charge in [-0.05, 0) is 83.8 Å². The molecule has 1 aliphatic rings. The van der Waals surface area contributed by atoms with Crippen LogP contribution in [0.5, 0.6) is 0 Å². The van der Waals surface area contributed by atoms with Crippen molar-refractivity contribution in [2.24, 2.45) is 0 Å². The molecule has 6 rings (SSSR count). The Hall–Kier alpha value is -5.38. The molecule has 0 atom stereocenters. The molecule has 2 amide bonds. The highest BCUT2D eigenvalue weighted by molar-refractivity contribution is 5.98. The molecule has 1 saturated heterocycles. The lowest BCUT2D eigenvalue weighted by molar-refractivity contribution is -0.116. The van der Waals surface area contributed by atoms with E-state index in [4.69, 9.17) is 10.2 Å². The van der Waals surface area contributed by atoms with Crippen molar-refractivity contribution >= 4 is 34.7 Å². The van der Waals surface area contributed by atoms with Crippen LogP contribution in [0, 0.1) is 6.92 Å². The summed E-state index contributed by atoms with van der Waals surface area (Å²) in [6.07, 6.45) is 7.55. The van der Waals surface area contributed by atoms with E-state index in [1.165, 1.54) is 11.0 Å². The maximum atomic E-state index is 13.6. The van der Waals surface area contributed by atoms with Gasteiger partial charge in [-0.2, -0.15) is 0 Å². The van der Waals surface area contributed by atoms with Crippen molar-refractivity contribution in [2.75, 3.05) is 18.8 Å². The summed E-state index contributed by atoms with van der Waals surface area (Å²) in [4.78, 5) is 35.3. The van der Waals surface area contributed by atoms with Gasteiger partial charge in [0.2, 0.25) is 5.91 Å². The predicted molar refractivity (Wildman–Crippen MR) is 169 cm³/mol. The second-order valence-electron chi connectivity index (χ2n) is 11.1. The largest absolute Gasteiger partial charge is 0.459 e. The van der Waals surface area contributed by atoms with Gasteiger partial charge in [-0.3, -0.25) is 14.6 Å². The summed E-state index contributed by atoms with van der Waals surface area (Å²) >= 11 is 0. The van der Waals surface area contributed by atoms with E-state index in [1.807, 2.05) is 43.3 Å². The van der Waals surface area contributed by atoms with Crippen molar-refractivity contribution in [2.45, 2.75) is 32.2 Å². The van der Waals surface area contributed by atoms with Crippen LogP contribution in [0.4, 0.5) is 14.6 Å².